The molecule has 0 aliphatic carbocycles. The molecule has 2 rings (SSSR count). The Bertz CT molecular complexity index is 544. The fourth-order valence-electron chi connectivity index (χ4n) is 2.21. The van der Waals surface area contributed by atoms with Gasteiger partial charge in [0.2, 0.25) is 0 Å². The molecular weight excluding hydrogens is 296 g/mol. The summed E-state index contributed by atoms with van der Waals surface area (Å²) in [4.78, 5) is 22.7. The van der Waals surface area contributed by atoms with E-state index in [-0.39, 0.29) is 22.7 Å². The molecule has 2 unspecified atom stereocenters. The summed E-state index contributed by atoms with van der Waals surface area (Å²) >= 11 is 5.85. The number of hydrogen-bond acceptors (Lipinski definition) is 3. The minimum absolute atomic E-state index is 0.000836. The van der Waals surface area contributed by atoms with Gasteiger partial charge in [0, 0.05) is 24.3 Å². The molecule has 0 bridgehead atoms. The number of nitrogens with one attached hydrogen (secondary N) is 2. The van der Waals surface area contributed by atoms with Crippen LogP contribution in [0.1, 0.15) is 23.7 Å². The highest BCUT2D eigenvalue weighted by molar-refractivity contribution is 6.33. The number of amides is 2. The first kappa shape index (κ1) is 15.6. The first-order chi connectivity index (χ1) is 9.97. The number of benzene rings is 1. The molecular formula is C14H17ClN2O4. The third-order valence-electron chi connectivity index (χ3n) is 3.49. The SMILES string of the molecule is CC(NC(=O)Nc1ccc(C(=O)O)c(Cl)c1)C1CCOC1. The van der Waals surface area contributed by atoms with Gasteiger partial charge < -0.3 is 20.5 Å². The van der Waals surface area contributed by atoms with E-state index in [1.807, 2.05) is 6.92 Å². The number of hydrogen-bond donors (Lipinski definition) is 3. The van der Waals surface area contributed by atoms with Crippen LogP contribution in [0.5, 0.6) is 0 Å². The van der Waals surface area contributed by atoms with Crippen molar-refractivity contribution in [3.05, 3.63) is 28.8 Å². The maximum absolute atomic E-state index is 11.9. The van der Waals surface area contributed by atoms with E-state index in [1.54, 1.807) is 0 Å². The zero-order chi connectivity index (χ0) is 15.4. The van der Waals surface area contributed by atoms with Gasteiger partial charge >= 0.3 is 12.0 Å². The second-order valence-corrected chi connectivity index (χ2v) is 5.42. The van der Waals surface area contributed by atoms with Crippen molar-refractivity contribution in [1.29, 1.82) is 0 Å². The molecule has 7 heteroatoms. The number of aromatic carboxylic acids is 1. The van der Waals surface area contributed by atoms with Crippen LogP contribution < -0.4 is 10.6 Å². The Hall–Kier alpha value is -1.79. The minimum Gasteiger partial charge on any atom is -0.478 e. The molecule has 0 aromatic heterocycles. The predicted molar refractivity (Wildman–Crippen MR) is 79.0 cm³/mol. The Morgan fingerprint density at radius 3 is 2.81 bits per heavy atom. The highest BCUT2D eigenvalue weighted by Gasteiger charge is 2.23. The fourth-order valence-corrected chi connectivity index (χ4v) is 2.47. The standard InChI is InChI=1S/C14H17ClN2O4/c1-8(9-4-5-21-7-9)16-14(20)17-10-2-3-11(13(18)19)12(15)6-10/h2-3,6,8-9H,4-5,7H2,1H3,(H,18,19)(H2,16,17,20). The number of anilines is 1. The Kier molecular flexibility index (Phi) is 5.03. The number of carboxylic acid groups (broad SMARTS) is 1. The molecule has 1 aromatic rings. The van der Waals surface area contributed by atoms with Crippen molar-refractivity contribution in [2.75, 3.05) is 18.5 Å². The van der Waals surface area contributed by atoms with Crippen LogP contribution in [-0.2, 0) is 4.74 Å². The highest BCUT2D eigenvalue weighted by Crippen LogP contribution is 2.21. The smallest absolute Gasteiger partial charge is 0.337 e. The first-order valence-corrected chi connectivity index (χ1v) is 7.03. The van der Waals surface area contributed by atoms with Crippen molar-refractivity contribution >= 4 is 29.3 Å². The molecule has 1 aliphatic rings. The third-order valence-corrected chi connectivity index (χ3v) is 3.80. The summed E-state index contributed by atoms with van der Waals surface area (Å²) in [6, 6.07) is 3.91. The van der Waals surface area contributed by atoms with Crippen LogP contribution in [0.3, 0.4) is 0 Å². The van der Waals surface area contributed by atoms with Gasteiger partial charge in [-0.2, -0.15) is 0 Å². The average Bonchev–Trinajstić information content (AvgIpc) is 2.91. The lowest BCUT2D eigenvalue weighted by Crippen LogP contribution is -2.40. The number of carbonyl (C=O) groups excluding carboxylic acids is 1. The van der Waals surface area contributed by atoms with Crippen molar-refractivity contribution < 1.29 is 19.4 Å². The van der Waals surface area contributed by atoms with Crippen LogP contribution in [0.4, 0.5) is 10.5 Å². The maximum Gasteiger partial charge on any atom is 0.337 e. The Morgan fingerprint density at radius 1 is 1.48 bits per heavy atom. The van der Waals surface area contributed by atoms with E-state index in [0.717, 1.165) is 13.0 Å². The monoisotopic (exact) mass is 312 g/mol. The van der Waals surface area contributed by atoms with Crippen LogP contribution in [0.15, 0.2) is 18.2 Å². The maximum atomic E-state index is 11.9. The lowest BCUT2D eigenvalue weighted by atomic mass is 10.0. The number of rotatable bonds is 4. The van der Waals surface area contributed by atoms with Gasteiger partial charge in [0.05, 0.1) is 17.2 Å². The van der Waals surface area contributed by atoms with Crippen molar-refractivity contribution in [1.82, 2.24) is 5.32 Å². The van der Waals surface area contributed by atoms with Crippen LogP contribution >= 0.6 is 11.6 Å². The molecule has 2 amide bonds. The number of carbonyl (C=O) groups is 2. The van der Waals surface area contributed by atoms with E-state index in [2.05, 4.69) is 10.6 Å². The molecule has 6 nitrogen and oxygen atoms in total. The van der Waals surface area contributed by atoms with Crippen LogP contribution in [0.25, 0.3) is 0 Å². The van der Waals surface area contributed by atoms with Gasteiger partial charge in [0.25, 0.3) is 0 Å². The molecule has 1 fully saturated rings. The molecule has 0 spiro atoms. The van der Waals surface area contributed by atoms with Crippen LogP contribution in [0, 0.1) is 5.92 Å². The van der Waals surface area contributed by atoms with E-state index < -0.39 is 5.97 Å². The minimum atomic E-state index is -1.11. The first-order valence-electron chi connectivity index (χ1n) is 6.65. The predicted octanol–water partition coefficient (Wildman–Crippen LogP) is 2.58. The van der Waals surface area contributed by atoms with Crippen molar-refractivity contribution in [3.8, 4) is 0 Å². The summed E-state index contributed by atoms with van der Waals surface area (Å²) in [5.41, 5.74) is 0.441. The van der Waals surface area contributed by atoms with Gasteiger partial charge in [0.1, 0.15) is 0 Å². The molecule has 114 valence electrons. The zero-order valence-corrected chi connectivity index (χ0v) is 12.3. The third kappa shape index (κ3) is 4.09. The largest absolute Gasteiger partial charge is 0.478 e. The summed E-state index contributed by atoms with van der Waals surface area (Å²) < 4.78 is 5.28. The quantitative estimate of drug-likeness (QED) is 0.797. The second-order valence-electron chi connectivity index (χ2n) is 5.01. The van der Waals surface area contributed by atoms with Crippen molar-refractivity contribution in [2.45, 2.75) is 19.4 Å². The van der Waals surface area contributed by atoms with Gasteiger partial charge in [0.15, 0.2) is 0 Å². The molecule has 1 saturated heterocycles. The summed E-state index contributed by atoms with van der Waals surface area (Å²) in [5.74, 6) is -0.792. The van der Waals surface area contributed by atoms with Gasteiger partial charge in [-0.25, -0.2) is 9.59 Å². The molecule has 0 saturated carbocycles. The Balaban J connectivity index is 1.93. The number of urea groups is 1. The van der Waals surface area contributed by atoms with Gasteiger partial charge in [-0.1, -0.05) is 11.6 Å². The second kappa shape index (κ2) is 6.78. The molecule has 21 heavy (non-hydrogen) atoms. The topological polar surface area (TPSA) is 87.7 Å². The fraction of sp³-hybridized carbons (Fsp3) is 0.429. The van der Waals surface area contributed by atoms with Gasteiger partial charge in [-0.15, -0.1) is 0 Å². The number of ether oxygens (including phenoxy) is 1. The lowest BCUT2D eigenvalue weighted by Gasteiger charge is -2.19. The van der Waals surface area contributed by atoms with E-state index in [9.17, 15) is 9.59 Å². The van der Waals surface area contributed by atoms with Gasteiger partial charge in [-0.05, 0) is 31.5 Å². The molecule has 1 aliphatic heterocycles. The zero-order valence-electron chi connectivity index (χ0n) is 11.6. The van der Waals surface area contributed by atoms with Crippen LogP contribution in [-0.4, -0.2) is 36.4 Å². The normalized spacial score (nSPS) is 19.0. The summed E-state index contributed by atoms with van der Waals surface area (Å²) in [6.45, 7) is 3.31. The number of carboxylic acids is 1. The molecule has 0 radical (unpaired) electrons. The van der Waals surface area contributed by atoms with E-state index in [1.165, 1.54) is 18.2 Å². The van der Waals surface area contributed by atoms with E-state index in [0.29, 0.717) is 18.2 Å². The van der Waals surface area contributed by atoms with Crippen molar-refractivity contribution in [2.24, 2.45) is 5.92 Å². The summed E-state index contributed by atoms with van der Waals surface area (Å²) in [6.07, 6.45) is 0.931. The molecule has 3 N–H and O–H groups in total. The van der Waals surface area contributed by atoms with E-state index in [4.69, 9.17) is 21.4 Å². The summed E-state index contributed by atoms with van der Waals surface area (Å²) in [7, 11) is 0. The lowest BCUT2D eigenvalue weighted by molar-refractivity contribution is 0.0697. The van der Waals surface area contributed by atoms with E-state index >= 15 is 0 Å². The molecule has 1 heterocycles. The Labute approximate surface area is 127 Å². The van der Waals surface area contributed by atoms with Gasteiger partial charge in [-0.3, -0.25) is 0 Å². The Morgan fingerprint density at radius 2 is 2.24 bits per heavy atom. The highest BCUT2D eigenvalue weighted by atomic mass is 35.5. The summed E-state index contributed by atoms with van der Waals surface area (Å²) in [5, 5.41) is 14.4. The van der Waals surface area contributed by atoms with Crippen molar-refractivity contribution in [3.63, 3.8) is 0 Å². The molecule has 1 aromatic carbocycles. The average molecular weight is 313 g/mol. The molecule has 2 atom stereocenters. The number of halogens is 1. The van der Waals surface area contributed by atoms with Crippen LogP contribution in [0.2, 0.25) is 5.02 Å².